The number of H-pyrrole nitrogens is 1. The molecule has 0 aromatic carbocycles. The van der Waals surface area contributed by atoms with Crippen molar-refractivity contribution in [2.24, 2.45) is 0 Å². The van der Waals surface area contributed by atoms with Crippen LogP contribution in [-0.4, -0.2) is 35.2 Å². The number of pyridine rings is 1. The Hall–Kier alpha value is -2.51. The van der Waals surface area contributed by atoms with Crippen molar-refractivity contribution >= 4 is 17.7 Å². The highest BCUT2D eigenvalue weighted by Gasteiger charge is 2.03. The molecule has 0 aliphatic rings. The van der Waals surface area contributed by atoms with E-state index in [0.717, 1.165) is 0 Å². The lowest BCUT2D eigenvalue weighted by molar-refractivity contribution is -0.135. The summed E-state index contributed by atoms with van der Waals surface area (Å²) in [5.74, 6) is -1.12. The van der Waals surface area contributed by atoms with Gasteiger partial charge in [0.2, 0.25) is 5.56 Å². The summed E-state index contributed by atoms with van der Waals surface area (Å²) < 4.78 is 0. The van der Waals surface area contributed by atoms with Crippen molar-refractivity contribution in [2.75, 3.05) is 18.8 Å². The number of nitrogens with two attached hydrogens (primary N) is 1. The van der Waals surface area contributed by atoms with Crippen molar-refractivity contribution in [1.29, 1.82) is 0 Å². The molecule has 0 bridgehead atoms. The predicted octanol–water partition coefficient (Wildman–Crippen LogP) is -1.12. The van der Waals surface area contributed by atoms with Crippen LogP contribution >= 0.6 is 0 Å². The van der Waals surface area contributed by atoms with Crippen LogP contribution in [0, 0.1) is 0 Å². The smallest absolute Gasteiger partial charge is 0.323 e. The summed E-state index contributed by atoms with van der Waals surface area (Å²) in [4.78, 5) is 34.9. The summed E-state index contributed by atoms with van der Waals surface area (Å²) in [5, 5.41) is 12.9. The van der Waals surface area contributed by atoms with E-state index in [1.165, 1.54) is 6.07 Å². The largest absolute Gasteiger partial charge is 0.480 e. The Morgan fingerprint density at radius 1 is 1.33 bits per heavy atom. The molecule has 2 amide bonds. The third kappa shape index (κ3) is 5.01. The van der Waals surface area contributed by atoms with Gasteiger partial charge in [-0.05, 0) is 6.07 Å². The number of carbonyl (C=O) groups is 2. The number of nitrogens with one attached hydrogen (secondary N) is 3. The van der Waals surface area contributed by atoms with E-state index in [1.54, 1.807) is 6.07 Å². The van der Waals surface area contributed by atoms with Crippen LogP contribution < -0.4 is 21.9 Å². The molecule has 0 saturated heterocycles. The molecule has 0 saturated carbocycles. The van der Waals surface area contributed by atoms with Gasteiger partial charge in [0.05, 0.1) is 0 Å². The Morgan fingerprint density at radius 2 is 2.06 bits per heavy atom. The quantitative estimate of drug-likeness (QED) is 0.453. The summed E-state index contributed by atoms with van der Waals surface area (Å²) >= 11 is 0. The Kier molecular flexibility index (Phi) is 4.73. The average molecular weight is 254 g/mol. The second-order valence-electron chi connectivity index (χ2n) is 3.56. The van der Waals surface area contributed by atoms with Gasteiger partial charge in [-0.25, -0.2) is 4.79 Å². The number of carbonyl (C=O) groups excluding carboxylic acids is 1. The number of hydrogen-bond acceptors (Lipinski definition) is 4. The van der Waals surface area contributed by atoms with E-state index in [9.17, 15) is 14.4 Å². The summed E-state index contributed by atoms with van der Waals surface area (Å²) in [6.45, 7) is -0.189. The standard InChI is InChI=1S/C10H14N4O4/c11-6-3-7(14-8(15)4-6)1-2-12-10(18)13-5-9(16)17/h3-4H,1-2,5H2,(H,16,17)(H3,11,14,15)(H2,12,13,18). The molecular formula is C10H14N4O4. The fourth-order valence-electron chi connectivity index (χ4n) is 1.29. The molecule has 6 N–H and O–H groups in total. The van der Waals surface area contributed by atoms with Crippen LogP contribution in [0.25, 0.3) is 0 Å². The zero-order valence-corrected chi connectivity index (χ0v) is 9.53. The van der Waals surface area contributed by atoms with E-state index in [1.807, 2.05) is 0 Å². The van der Waals surface area contributed by atoms with Crippen molar-refractivity contribution in [3.63, 3.8) is 0 Å². The van der Waals surface area contributed by atoms with E-state index < -0.39 is 18.5 Å². The molecule has 1 aromatic heterocycles. The molecule has 98 valence electrons. The van der Waals surface area contributed by atoms with Crippen LogP contribution in [0.2, 0.25) is 0 Å². The van der Waals surface area contributed by atoms with Gasteiger partial charge in [-0.2, -0.15) is 0 Å². The minimum atomic E-state index is -1.12. The first-order valence-electron chi connectivity index (χ1n) is 5.19. The van der Waals surface area contributed by atoms with Crippen LogP contribution in [0.15, 0.2) is 16.9 Å². The minimum absolute atomic E-state index is 0.255. The van der Waals surface area contributed by atoms with Crippen LogP contribution in [0.4, 0.5) is 10.5 Å². The van der Waals surface area contributed by atoms with E-state index in [-0.39, 0.29) is 12.1 Å². The first-order valence-corrected chi connectivity index (χ1v) is 5.19. The number of carboxylic acids is 1. The molecule has 0 aliphatic carbocycles. The van der Waals surface area contributed by atoms with E-state index >= 15 is 0 Å². The Morgan fingerprint density at radius 3 is 2.67 bits per heavy atom. The molecule has 0 atom stereocenters. The number of amides is 2. The fourth-order valence-corrected chi connectivity index (χ4v) is 1.29. The third-order valence-corrected chi connectivity index (χ3v) is 2.00. The number of nitrogen functional groups attached to an aromatic ring is 1. The van der Waals surface area contributed by atoms with Gasteiger partial charge < -0.3 is 26.5 Å². The molecule has 0 aliphatic heterocycles. The molecule has 0 radical (unpaired) electrons. The molecule has 0 fully saturated rings. The predicted molar refractivity (Wildman–Crippen MR) is 64.2 cm³/mol. The Balaban J connectivity index is 2.35. The van der Waals surface area contributed by atoms with Crippen molar-refractivity contribution < 1.29 is 14.7 Å². The van der Waals surface area contributed by atoms with Crippen molar-refractivity contribution in [2.45, 2.75) is 6.42 Å². The molecule has 8 nitrogen and oxygen atoms in total. The normalized spacial score (nSPS) is 9.78. The van der Waals surface area contributed by atoms with Crippen molar-refractivity contribution in [3.8, 4) is 0 Å². The highest BCUT2D eigenvalue weighted by molar-refractivity contribution is 5.79. The van der Waals surface area contributed by atoms with E-state index in [4.69, 9.17) is 10.8 Å². The van der Waals surface area contributed by atoms with Gasteiger partial charge in [0.15, 0.2) is 0 Å². The maximum Gasteiger partial charge on any atom is 0.323 e. The first kappa shape index (κ1) is 13.6. The number of urea groups is 1. The van der Waals surface area contributed by atoms with Gasteiger partial charge in [-0.1, -0.05) is 0 Å². The lowest BCUT2D eigenvalue weighted by atomic mass is 10.2. The number of carboxylic acid groups (broad SMARTS) is 1. The number of rotatable bonds is 5. The lowest BCUT2D eigenvalue weighted by Crippen LogP contribution is -2.39. The SMILES string of the molecule is Nc1cc(CCNC(=O)NCC(=O)O)[nH]c(=O)c1. The van der Waals surface area contributed by atoms with Crippen LogP contribution in [0.3, 0.4) is 0 Å². The Labute approximate surface area is 102 Å². The number of anilines is 1. The summed E-state index contributed by atoms with van der Waals surface area (Å²) in [7, 11) is 0. The van der Waals surface area contributed by atoms with E-state index in [0.29, 0.717) is 17.8 Å². The second-order valence-corrected chi connectivity index (χ2v) is 3.56. The van der Waals surface area contributed by atoms with Gasteiger partial charge in [-0.3, -0.25) is 9.59 Å². The van der Waals surface area contributed by atoms with E-state index in [2.05, 4.69) is 15.6 Å². The van der Waals surface area contributed by atoms with Crippen molar-refractivity contribution in [1.82, 2.24) is 15.6 Å². The summed E-state index contributed by atoms with van der Waals surface area (Å²) in [6.07, 6.45) is 0.390. The maximum absolute atomic E-state index is 11.1. The van der Waals surface area contributed by atoms with Crippen LogP contribution in [-0.2, 0) is 11.2 Å². The fraction of sp³-hybridized carbons (Fsp3) is 0.300. The van der Waals surface area contributed by atoms with Gasteiger partial charge in [0, 0.05) is 30.4 Å². The van der Waals surface area contributed by atoms with Crippen LogP contribution in [0.5, 0.6) is 0 Å². The molecular weight excluding hydrogens is 240 g/mol. The van der Waals surface area contributed by atoms with Gasteiger partial charge in [0.1, 0.15) is 6.54 Å². The van der Waals surface area contributed by atoms with Gasteiger partial charge in [-0.15, -0.1) is 0 Å². The highest BCUT2D eigenvalue weighted by atomic mass is 16.4. The highest BCUT2D eigenvalue weighted by Crippen LogP contribution is 1.99. The zero-order valence-electron chi connectivity index (χ0n) is 9.53. The van der Waals surface area contributed by atoms with Crippen molar-refractivity contribution in [3.05, 3.63) is 28.2 Å². The zero-order chi connectivity index (χ0) is 13.5. The molecule has 18 heavy (non-hydrogen) atoms. The first-order chi connectivity index (χ1) is 8.47. The van der Waals surface area contributed by atoms with Crippen LogP contribution in [0.1, 0.15) is 5.69 Å². The molecule has 1 rings (SSSR count). The average Bonchev–Trinajstić information content (AvgIpc) is 2.25. The minimum Gasteiger partial charge on any atom is -0.480 e. The number of aromatic nitrogens is 1. The number of aromatic amines is 1. The molecule has 1 heterocycles. The second kappa shape index (κ2) is 6.28. The molecule has 0 spiro atoms. The lowest BCUT2D eigenvalue weighted by Gasteiger charge is -2.06. The van der Waals surface area contributed by atoms with Gasteiger partial charge in [0.25, 0.3) is 0 Å². The summed E-state index contributed by atoms with van der Waals surface area (Å²) in [6, 6.07) is 2.28. The number of aliphatic carboxylic acids is 1. The maximum atomic E-state index is 11.1. The molecule has 0 unspecified atom stereocenters. The molecule has 1 aromatic rings. The third-order valence-electron chi connectivity index (χ3n) is 2.00. The summed E-state index contributed by atoms with van der Waals surface area (Å²) in [5.41, 5.74) is 6.13. The Bertz CT molecular complexity index is 497. The van der Waals surface area contributed by atoms with Gasteiger partial charge >= 0.3 is 12.0 Å². The number of hydrogen-bond donors (Lipinski definition) is 5. The molecule has 8 heteroatoms. The topological polar surface area (TPSA) is 137 Å². The monoisotopic (exact) mass is 254 g/mol.